The smallest absolute Gasteiger partial charge is 0.286 e. The van der Waals surface area contributed by atoms with E-state index in [0.29, 0.717) is 8.56 Å². The number of hydrogen-bond donors (Lipinski definition) is 2. The molecule has 0 unspecified atom stereocenters. The van der Waals surface area contributed by atoms with Gasteiger partial charge in [0.15, 0.2) is 5.82 Å². The van der Waals surface area contributed by atoms with Crippen molar-refractivity contribution in [3.05, 3.63) is 63.3 Å². The average molecular weight is 551 g/mol. The Balaban J connectivity index is 1.82. The molecule has 0 atom stereocenters. The molecule has 1 aromatic heterocycles. The molecule has 0 saturated heterocycles. The number of nitrogens with one attached hydrogen (secondary N) is 1. The number of hydrogen-bond acceptors (Lipinski definition) is 7. The van der Waals surface area contributed by atoms with Gasteiger partial charge in [-0.15, -0.1) is 9.19 Å². The summed E-state index contributed by atoms with van der Waals surface area (Å²) in [5, 5.41) is 3.84. The Morgan fingerprint density at radius 2 is 1.39 bits per heavy atom. The van der Waals surface area contributed by atoms with Gasteiger partial charge in [-0.3, -0.25) is 0 Å². The van der Waals surface area contributed by atoms with Crippen LogP contribution >= 0.6 is 31.9 Å². The van der Waals surface area contributed by atoms with Crippen LogP contribution < -0.4 is 10.5 Å². The summed E-state index contributed by atoms with van der Waals surface area (Å²) in [6.07, 6.45) is 0. The summed E-state index contributed by atoms with van der Waals surface area (Å²) in [5.41, 5.74) is 5.68. The maximum Gasteiger partial charge on any atom is 0.286 e. The summed E-state index contributed by atoms with van der Waals surface area (Å²) in [6.45, 7) is -0.328. The van der Waals surface area contributed by atoms with Gasteiger partial charge in [-0.05, 0) is 48.5 Å². The van der Waals surface area contributed by atoms with Gasteiger partial charge < -0.3 is 5.73 Å². The van der Waals surface area contributed by atoms with Gasteiger partial charge in [0.25, 0.3) is 10.0 Å². The molecule has 0 bridgehead atoms. The van der Waals surface area contributed by atoms with Gasteiger partial charge in [-0.2, -0.15) is 13.4 Å². The average Bonchev–Trinajstić information content (AvgIpc) is 3.02. The van der Waals surface area contributed by atoms with Crippen LogP contribution in [0.2, 0.25) is 0 Å². The highest BCUT2D eigenvalue weighted by Crippen LogP contribution is 2.19. The zero-order chi connectivity index (χ0) is 20.5. The fraction of sp³-hybridized carbons (Fsp3) is 0.0667. The van der Waals surface area contributed by atoms with Crippen molar-refractivity contribution in [2.75, 3.05) is 5.73 Å². The van der Waals surface area contributed by atoms with Crippen LogP contribution in [-0.4, -0.2) is 31.0 Å². The van der Waals surface area contributed by atoms with Crippen molar-refractivity contribution >= 4 is 57.9 Å². The largest absolute Gasteiger partial charge is 0.367 e. The Bertz CT molecular complexity index is 1210. The molecule has 0 aliphatic carbocycles. The summed E-state index contributed by atoms with van der Waals surface area (Å²) >= 11 is 6.46. The van der Waals surface area contributed by atoms with Gasteiger partial charge in [0, 0.05) is 8.95 Å². The van der Waals surface area contributed by atoms with E-state index >= 15 is 0 Å². The molecule has 1 heterocycles. The summed E-state index contributed by atoms with van der Waals surface area (Å²) in [4.78, 5) is 3.85. The first-order valence-corrected chi connectivity index (χ1v) is 12.1. The molecule has 3 rings (SSSR count). The number of rotatable bonds is 6. The predicted molar refractivity (Wildman–Crippen MR) is 109 cm³/mol. The fourth-order valence-electron chi connectivity index (χ4n) is 2.17. The summed E-state index contributed by atoms with van der Waals surface area (Å²) < 4.78 is 54.3. The minimum absolute atomic E-state index is 0.0331. The Morgan fingerprint density at radius 1 is 0.893 bits per heavy atom. The molecule has 148 valence electrons. The Kier molecular flexibility index (Phi) is 5.91. The first-order valence-electron chi connectivity index (χ1n) is 7.57. The van der Waals surface area contributed by atoms with E-state index in [-0.39, 0.29) is 28.1 Å². The van der Waals surface area contributed by atoms with Crippen LogP contribution in [0.15, 0.2) is 67.3 Å². The summed E-state index contributed by atoms with van der Waals surface area (Å²) in [6, 6.07) is 11.9. The fourth-order valence-corrected chi connectivity index (χ4v) is 4.85. The quantitative estimate of drug-likeness (QED) is 0.479. The van der Waals surface area contributed by atoms with E-state index in [9.17, 15) is 16.8 Å². The third-order valence-corrected chi connectivity index (χ3v) is 7.60. The second kappa shape index (κ2) is 7.91. The molecule has 28 heavy (non-hydrogen) atoms. The van der Waals surface area contributed by atoms with Crippen LogP contribution in [-0.2, 0) is 26.6 Å². The molecule has 2 aromatic carbocycles. The number of nitrogen functional groups attached to an aromatic ring is 1. The standard InChI is InChI=1S/C15H13Br2N5O4S2/c16-10-1-5-12(6-2-10)27(23,24)19-9-14-20-15(18)22(21-14)28(25,26)13-7-3-11(17)4-8-13/h1-8,19H,9H2,(H2,18,20,21). The number of nitrogens with zero attached hydrogens (tertiary/aromatic N) is 3. The van der Waals surface area contributed by atoms with Crippen LogP contribution in [0.5, 0.6) is 0 Å². The molecule has 0 radical (unpaired) electrons. The van der Waals surface area contributed by atoms with Gasteiger partial charge >= 0.3 is 0 Å². The lowest BCUT2D eigenvalue weighted by molar-refractivity contribution is 0.577. The highest BCUT2D eigenvalue weighted by atomic mass is 79.9. The summed E-state index contributed by atoms with van der Waals surface area (Å²) in [5.74, 6) is -0.459. The molecule has 0 spiro atoms. The first-order chi connectivity index (χ1) is 13.1. The Labute approximate surface area is 178 Å². The SMILES string of the molecule is Nc1nc(CNS(=O)(=O)c2ccc(Br)cc2)nn1S(=O)(=O)c1ccc(Br)cc1. The van der Waals surface area contributed by atoms with E-state index < -0.39 is 20.0 Å². The van der Waals surface area contributed by atoms with Crippen molar-refractivity contribution in [3.8, 4) is 0 Å². The Hall–Kier alpha value is -1.80. The van der Waals surface area contributed by atoms with Crippen molar-refractivity contribution in [2.45, 2.75) is 16.3 Å². The number of nitrogens with two attached hydrogens (primary N) is 1. The third kappa shape index (κ3) is 4.43. The number of benzene rings is 2. The van der Waals surface area contributed by atoms with Gasteiger partial charge in [0.2, 0.25) is 16.0 Å². The van der Waals surface area contributed by atoms with E-state index in [1.807, 2.05) is 0 Å². The van der Waals surface area contributed by atoms with Crippen LogP contribution in [0.3, 0.4) is 0 Å². The van der Waals surface area contributed by atoms with Crippen LogP contribution in [0.4, 0.5) is 5.95 Å². The van der Waals surface area contributed by atoms with Gasteiger partial charge in [-0.25, -0.2) is 13.1 Å². The van der Waals surface area contributed by atoms with E-state index in [4.69, 9.17) is 5.73 Å². The lowest BCUT2D eigenvalue weighted by Gasteiger charge is -2.05. The monoisotopic (exact) mass is 549 g/mol. The molecule has 13 heteroatoms. The van der Waals surface area contributed by atoms with Crippen LogP contribution in [0.25, 0.3) is 0 Å². The van der Waals surface area contributed by atoms with Crippen LogP contribution in [0, 0.1) is 0 Å². The zero-order valence-corrected chi connectivity index (χ0v) is 18.8. The maximum atomic E-state index is 12.7. The second-order valence-electron chi connectivity index (χ2n) is 5.47. The van der Waals surface area contributed by atoms with Crippen LogP contribution in [0.1, 0.15) is 5.82 Å². The molecule has 0 amide bonds. The summed E-state index contributed by atoms with van der Waals surface area (Å²) in [7, 11) is -7.89. The molecule has 0 saturated carbocycles. The molecular weight excluding hydrogens is 538 g/mol. The van der Waals surface area contributed by atoms with Crippen molar-refractivity contribution in [1.82, 2.24) is 18.9 Å². The number of sulfonamides is 1. The number of aromatic nitrogens is 3. The van der Waals surface area contributed by atoms with Gasteiger partial charge in [0.05, 0.1) is 16.3 Å². The van der Waals surface area contributed by atoms with Gasteiger partial charge in [-0.1, -0.05) is 31.9 Å². The van der Waals surface area contributed by atoms with E-state index in [1.54, 1.807) is 24.3 Å². The van der Waals surface area contributed by atoms with E-state index in [1.165, 1.54) is 24.3 Å². The topological polar surface area (TPSA) is 137 Å². The minimum Gasteiger partial charge on any atom is -0.367 e. The lowest BCUT2D eigenvalue weighted by atomic mass is 10.4. The van der Waals surface area contributed by atoms with Gasteiger partial charge in [0.1, 0.15) is 0 Å². The van der Waals surface area contributed by atoms with Crippen molar-refractivity contribution in [1.29, 1.82) is 0 Å². The molecule has 0 fully saturated rings. The number of anilines is 1. The molecule has 0 aliphatic rings. The molecular formula is C15H13Br2N5O4S2. The normalized spacial score (nSPS) is 12.2. The van der Waals surface area contributed by atoms with Crippen molar-refractivity contribution in [2.24, 2.45) is 0 Å². The predicted octanol–water partition coefficient (Wildman–Crippen LogP) is 2.10. The third-order valence-electron chi connectivity index (χ3n) is 3.53. The number of halogens is 2. The second-order valence-corrected chi connectivity index (χ2v) is 10.8. The molecule has 0 aliphatic heterocycles. The highest BCUT2D eigenvalue weighted by molar-refractivity contribution is 9.10. The molecule has 3 aromatic rings. The maximum absolute atomic E-state index is 12.7. The zero-order valence-electron chi connectivity index (χ0n) is 14.0. The Morgan fingerprint density at radius 3 is 1.93 bits per heavy atom. The lowest BCUT2D eigenvalue weighted by Crippen LogP contribution is -2.24. The van der Waals surface area contributed by atoms with E-state index in [0.717, 1.165) is 4.47 Å². The highest BCUT2D eigenvalue weighted by Gasteiger charge is 2.23. The first kappa shape index (κ1) is 20.9. The van der Waals surface area contributed by atoms with Crippen molar-refractivity contribution < 1.29 is 16.8 Å². The molecule has 3 N–H and O–H groups in total. The van der Waals surface area contributed by atoms with E-state index in [2.05, 4.69) is 46.7 Å². The van der Waals surface area contributed by atoms with Crippen molar-refractivity contribution in [3.63, 3.8) is 0 Å². The minimum atomic E-state index is -4.06. The molecule has 9 nitrogen and oxygen atoms in total.